The molecule has 1 aliphatic rings. The zero-order valence-corrected chi connectivity index (χ0v) is 12.4. The molecule has 0 bridgehead atoms. The molecule has 1 atom stereocenters. The van der Waals surface area contributed by atoms with Gasteiger partial charge in [-0.05, 0) is 43.5 Å². The molecule has 0 radical (unpaired) electrons. The van der Waals surface area contributed by atoms with Crippen molar-refractivity contribution in [2.45, 2.75) is 38.3 Å². The Kier molecular flexibility index (Phi) is 5.70. The number of nitrogens with zero attached hydrogens (tertiary/aromatic N) is 1. The molecule has 0 aliphatic carbocycles. The number of rotatable bonds is 5. The lowest BCUT2D eigenvalue weighted by molar-refractivity contribution is 0.0817. The third kappa shape index (κ3) is 4.79. The number of hydrogen-bond acceptors (Lipinski definition) is 3. The van der Waals surface area contributed by atoms with Crippen molar-refractivity contribution in [3.8, 4) is 0 Å². The smallest absolute Gasteiger partial charge is 0.251 e. The zero-order chi connectivity index (χ0) is 15.2. The van der Waals surface area contributed by atoms with E-state index in [4.69, 9.17) is 0 Å². The number of hydrogen-bond donors (Lipinski definition) is 2. The van der Waals surface area contributed by atoms with E-state index in [0.717, 1.165) is 32.4 Å². The number of likely N-dealkylation sites (tertiary alicyclic amines) is 1. The van der Waals surface area contributed by atoms with Crippen LogP contribution in [-0.2, 0) is 0 Å². The van der Waals surface area contributed by atoms with Crippen LogP contribution in [0.1, 0.15) is 36.5 Å². The summed E-state index contributed by atoms with van der Waals surface area (Å²) in [6, 6.07) is 5.74. The first kappa shape index (κ1) is 15.9. The summed E-state index contributed by atoms with van der Waals surface area (Å²) in [4.78, 5) is 14.3. The zero-order valence-electron chi connectivity index (χ0n) is 12.4. The number of halogens is 1. The maximum absolute atomic E-state index is 12.8. The summed E-state index contributed by atoms with van der Waals surface area (Å²) in [5.41, 5.74) is 0.486. The molecule has 1 aliphatic heterocycles. The highest BCUT2D eigenvalue weighted by atomic mass is 19.1. The van der Waals surface area contributed by atoms with E-state index in [1.54, 1.807) is 0 Å². The Morgan fingerprint density at radius 1 is 1.38 bits per heavy atom. The van der Waals surface area contributed by atoms with Gasteiger partial charge in [-0.1, -0.05) is 6.92 Å². The van der Waals surface area contributed by atoms with Crippen LogP contribution in [0.25, 0.3) is 0 Å². The van der Waals surface area contributed by atoms with Crippen molar-refractivity contribution in [3.05, 3.63) is 35.6 Å². The quantitative estimate of drug-likeness (QED) is 0.870. The lowest BCUT2D eigenvalue weighted by atomic mass is 10.0. The third-order valence-electron chi connectivity index (χ3n) is 3.97. The SMILES string of the molecule is CCC(O)CN1CCC(NC(=O)c2ccc(F)cc2)CC1. The van der Waals surface area contributed by atoms with E-state index in [1.807, 2.05) is 6.92 Å². The van der Waals surface area contributed by atoms with Crippen molar-refractivity contribution in [1.29, 1.82) is 0 Å². The second-order valence-electron chi connectivity index (χ2n) is 5.62. The predicted octanol–water partition coefficient (Wildman–Crippen LogP) is 1.79. The van der Waals surface area contributed by atoms with Gasteiger partial charge in [0.15, 0.2) is 0 Å². The summed E-state index contributed by atoms with van der Waals surface area (Å²) in [5.74, 6) is -0.489. The van der Waals surface area contributed by atoms with E-state index in [0.29, 0.717) is 12.1 Å². The molecule has 4 nitrogen and oxygen atoms in total. The number of benzene rings is 1. The summed E-state index contributed by atoms with van der Waals surface area (Å²) < 4.78 is 12.8. The minimum atomic E-state index is -0.339. The molecule has 21 heavy (non-hydrogen) atoms. The molecule has 2 N–H and O–H groups in total. The molecule has 116 valence electrons. The molecule has 1 aromatic carbocycles. The highest BCUT2D eigenvalue weighted by Gasteiger charge is 2.22. The van der Waals surface area contributed by atoms with Gasteiger partial charge >= 0.3 is 0 Å². The molecular weight excluding hydrogens is 271 g/mol. The first-order chi connectivity index (χ1) is 10.1. The molecule has 1 fully saturated rings. The van der Waals surface area contributed by atoms with Gasteiger partial charge in [0.1, 0.15) is 5.82 Å². The van der Waals surface area contributed by atoms with Crippen LogP contribution < -0.4 is 5.32 Å². The third-order valence-corrected chi connectivity index (χ3v) is 3.97. The van der Waals surface area contributed by atoms with Crippen molar-refractivity contribution in [3.63, 3.8) is 0 Å². The van der Waals surface area contributed by atoms with Crippen molar-refractivity contribution in [2.24, 2.45) is 0 Å². The largest absolute Gasteiger partial charge is 0.392 e. The van der Waals surface area contributed by atoms with Crippen molar-refractivity contribution in [1.82, 2.24) is 10.2 Å². The van der Waals surface area contributed by atoms with Crippen LogP contribution in [0.2, 0.25) is 0 Å². The molecular formula is C16H23FN2O2. The molecule has 1 saturated heterocycles. The molecule has 1 aromatic rings. The number of aliphatic hydroxyl groups is 1. The molecule has 5 heteroatoms. The van der Waals surface area contributed by atoms with Gasteiger partial charge in [-0.25, -0.2) is 4.39 Å². The fraction of sp³-hybridized carbons (Fsp3) is 0.562. The lowest BCUT2D eigenvalue weighted by Crippen LogP contribution is -2.46. The molecule has 1 unspecified atom stereocenters. The average molecular weight is 294 g/mol. The van der Waals surface area contributed by atoms with Gasteiger partial charge in [-0.15, -0.1) is 0 Å². The Bertz CT molecular complexity index is 456. The van der Waals surface area contributed by atoms with Crippen LogP contribution in [0.15, 0.2) is 24.3 Å². The predicted molar refractivity (Wildman–Crippen MR) is 79.6 cm³/mol. The van der Waals surface area contributed by atoms with E-state index in [1.165, 1.54) is 24.3 Å². The van der Waals surface area contributed by atoms with Crippen LogP contribution in [0, 0.1) is 5.82 Å². The van der Waals surface area contributed by atoms with E-state index in [9.17, 15) is 14.3 Å². The summed E-state index contributed by atoms with van der Waals surface area (Å²) in [6.45, 7) is 4.44. The van der Waals surface area contributed by atoms with Crippen LogP contribution in [0.4, 0.5) is 4.39 Å². The van der Waals surface area contributed by atoms with Gasteiger partial charge in [0.25, 0.3) is 5.91 Å². The number of β-amino-alcohol motifs (C(OH)–C–C–N with tert-alkyl or cyclic N) is 1. The van der Waals surface area contributed by atoms with E-state index in [2.05, 4.69) is 10.2 Å². The Balaban J connectivity index is 1.78. The average Bonchev–Trinajstić information content (AvgIpc) is 2.49. The van der Waals surface area contributed by atoms with E-state index >= 15 is 0 Å². The number of carbonyl (C=O) groups excluding carboxylic acids is 1. The lowest BCUT2D eigenvalue weighted by Gasteiger charge is -2.33. The van der Waals surface area contributed by atoms with Crippen LogP contribution in [0.5, 0.6) is 0 Å². The first-order valence-corrected chi connectivity index (χ1v) is 7.55. The second kappa shape index (κ2) is 7.52. The van der Waals surface area contributed by atoms with Gasteiger partial charge in [-0.2, -0.15) is 0 Å². The molecule has 2 rings (SSSR count). The Hall–Kier alpha value is -1.46. The van der Waals surface area contributed by atoms with Gasteiger partial charge in [0.2, 0.25) is 0 Å². The van der Waals surface area contributed by atoms with E-state index in [-0.39, 0.29) is 23.9 Å². The van der Waals surface area contributed by atoms with Crippen LogP contribution in [0.3, 0.4) is 0 Å². The van der Waals surface area contributed by atoms with Crippen molar-refractivity contribution < 1.29 is 14.3 Å². The number of aliphatic hydroxyl groups excluding tert-OH is 1. The highest BCUT2D eigenvalue weighted by Crippen LogP contribution is 2.12. The number of piperidine rings is 1. The standard InChI is InChI=1S/C16H23FN2O2/c1-2-15(20)11-19-9-7-14(8-10-19)18-16(21)12-3-5-13(17)6-4-12/h3-6,14-15,20H,2,7-11H2,1H3,(H,18,21). The molecule has 0 saturated carbocycles. The fourth-order valence-electron chi connectivity index (χ4n) is 2.56. The summed E-state index contributed by atoms with van der Waals surface area (Å²) >= 11 is 0. The van der Waals surface area contributed by atoms with Crippen molar-refractivity contribution in [2.75, 3.05) is 19.6 Å². The number of nitrogens with one attached hydrogen (secondary N) is 1. The van der Waals surface area contributed by atoms with Gasteiger partial charge in [-0.3, -0.25) is 4.79 Å². The second-order valence-corrected chi connectivity index (χ2v) is 5.62. The van der Waals surface area contributed by atoms with Crippen molar-refractivity contribution >= 4 is 5.91 Å². The molecule has 1 heterocycles. The summed E-state index contributed by atoms with van der Waals surface area (Å²) in [5, 5.41) is 12.6. The number of carbonyl (C=O) groups is 1. The summed E-state index contributed by atoms with van der Waals surface area (Å²) in [7, 11) is 0. The minimum Gasteiger partial charge on any atom is -0.392 e. The summed E-state index contributed by atoms with van der Waals surface area (Å²) in [6.07, 6.45) is 2.25. The van der Waals surface area contributed by atoms with Crippen LogP contribution in [-0.4, -0.2) is 47.7 Å². The monoisotopic (exact) mass is 294 g/mol. The Morgan fingerprint density at radius 2 is 2.00 bits per heavy atom. The van der Waals surface area contributed by atoms with Gasteiger partial charge < -0.3 is 15.3 Å². The minimum absolute atomic E-state index is 0.151. The topological polar surface area (TPSA) is 52.6 Å². The normalized spacial score (nSPS) is 18.4. The maximum atomic E-state index is 12.8. The molecule has 0 spiro atoms. The van der Waals surface area contributed by atoms with Crippen LogP contribution >= 0.6 is 0 Å². The molecule has 0 aromatic heterocycles. The van der Waals surface area contributed by atoms with Gasteiger partial charge in [0, 0.05) is 31.2 Å². The van der Waals surface area contributed by atoms with E-state index < -0.39 is 0 Å². The number of amides is 1. The highest BCUT2D eigenvalue weighted by molar-refractivity contribution is 5.94. The maximum Gasteiger partial charge on any atom is 0.251 e. The Labute approximate surface area is 125 Å². The first-order valence-electron chi connectivity index (χ1n) is 7.55. The fourth-order valence-corrected chi connectivity index (χ4v) is 2.56. The molecule has 1 amide bonds. The van der Waals surface area contributed by atoms with Gasteiger partial charge in [0.05, 0.1) is 6.10 Å². The Morgan fingerprint density at radius 3 is 2.57 bits per heavy atom.